The molecule has 0 saturated carbocycles. The minimum absolute atomic E-state index is 0.0263. The highest BCUT2D eigenvalue weighted by molar-refractivity contribution is 6.20. The van der Waals surface area contributed by atoms with Crippen molar-refractivity contribution >= 4 is 28.3 Å². The Bertz CT molecular complexity index is 1530. The highest BCUT2D eigenvalue weighted by Gasteiger charge is 2.45. The van der Waals surface area contributed by atoms with Crippen LogP contribution in [0.1, 0.15) is 33.3 Å². The summed E-state index contributed by atoms with van der Waals surface area (Å²) >= 11 is 0. The maximum absolute atomic E-state index is 13.7. The monoisotopic (exact) mass is 469 g/mol. The number of aryl methyl sites for hydroxylation is 2. The smallest absolute Gasteiger partial charge is 0.294 e. The molecule has 35 heavy (non-hydrogen) atoms. The van der Waals surface area contributed by atoms with Crippen LogP contribution in [0.4, 0.5) is 5.69 Å². The van der Waals surface area contributed by atoms with Gasteiger partial charge >= 0.3 is 0 Å². The summed E-state index contributed by atoms with van der Waals surface area (Å²) in [7, 11) is 1.50. The normalized spacial score (nSPS) is 15.8. The number of ether oxygens (including phenoxy) is 1. The van der Waals surface area contributed by atoms with Crippen LogP contribution in [0.5, 0.6) is 11.5 Å². The molecule has 0 radical (unpaired) electrons. The van der Waals surface area contributed by atoms with Crippen molar-refractivity contribution in [2.45, 2.75) is 19.9 Å². The summed E-state index contributed by atoms with van der Waals surface area (Å²) in [5.74, 6) is -1.60. The van der Waals surface area contributed by atoms with E-state index in [-0.39, 0.29) is 17.1 Å². The van der Waals surface area contributed by atoms with Crippen molar-refractivity contribution in [3.8, 4) is 11.5 Å². The van der Waals surface area contributed by atoms with Crippen LogP contribution >= 0.6 is 0 Å². The maximum atomic E-state index is 13.7. The highest BCUT2D eigenvalue weighted by atomic mass is 16.5. The molecule has 3 aromatic carbocycles. The number of phenolic OH excluding ortho intramolecular Hbond substituents is 1. The number of aliphatic hydroxyl groups is 1. The van der Waals surface area contributed by atoms with Crippen molar-refractivity contribution in [2.75, 3.05) is 12.0 Å². The molecule has 1 aliphatic rings. The van der Waals surface area contributed by atoms with Crippen molar-refractivity contribution in [1.82, 2.24) is 0 Å². The molecule has 2 N–H and O–H groups in total. The number of aliphatic hydroxyl groups excluding tert-OH is 1. The minimum Gasteiger partial charge on any atom is -0.508 e. The topological polar surface area (TPSA) is 100 Å². The van der Waals surface area contributed by atoms with Crippen molar-refractivity contribution in [1.29, 1.82) is 0 Å². The van der Waals surface area contributed by atoms with Gasteiger partial charge in [-0.2, -0.15) is 0 Å². The minimum atomic E-state index is -0.973. The standard InChI is InChI=1S/C28H23NO6/c1-15-10-11-19(12-16(15)2)29-24(17-6-4-8-20(30)13-17)23(26(32)28(29)33)25(31)22-14-18-7-5-9-21(34-3)27(18)35-22/h4-14,24,30,32H,1-3H3. The number of hydrogen-bond donors (Lipinski definition) is 2. The number of methoxy groups -OCH3 is 1. The Labute approximate surface area is 201 Å². The molecule has 7 heteroatoms. The molecule has 0 fully saturated rings. The van der Waals surface area contributed by atoms with E-state index in [0.717, 1.165) is 11.1 Å². The number of Topliss-reactive ketones (excluding diaryl/α,β-unsaturated/α-hetero) is 1. The third-order valence-corrected chi connectivity index (χ3v) is 6.36. The molecule has 7 nitrogen and oxygen atoms in total. The SMILES string of the molecule is COc1cccc2cc(C(=O)C3=C(O)C(=O)N(c4ccc(C)c(C)c4)C3c3cccc(O)c3)oc12. The first kappa shape index (κ1) is 22.3. The summed E-state index contributed by atoms with van der Waals surface area (Å²) in [6.45, 7) is 3.88. The average Bonchev–Trinajstić information content (AvgIpc) is 3.40. The number of fused-ring (bicyclic) bond motifs is 1. The number of hydrogen-bond acceptors (Lipinski definition) is 6. The first-order chi connectivity index (χ1) is 16.8. The van der Waals surface area contributed by atoms with Crippen LogP contribution in [-0.4, -0.2) is 29.0 Å². The third kappa shape index (κ3) is 3.61. The number of amides is 1. The number of carbonyl (C=O) groups excluding carboxylic acids is 2. The average molecular weight is 469 g/mol. The zero-order chi connectivity index (χ0) is 24.9. The van der Waals surface area contributed by atoms with E-state index in [1.165, 1.54) is 24.1 Å². The van der Waals surface area contributed by atoms with Gasteiger partial charge in [-0.3, -0.25) is 14.5 Å². The number of nitrogens with zero attached hydrogens (tertiary/aromatic N) is 1. The lowest BCUT2D eigenvalue weighted by Gasteiger charge is -2.27. The maximum Gasteiger partial charge on any atom is 0.294 e. The van der Waals surface area contributed by atoms with E-state index in [9.17, 15) is 19.8 Å². The summed E-state index contributed by atoms with van der Waals surface area (Å²) in [4.78, 5) is 28.5. The van der Waals surface area contributed by atoms with Crippen LogP contribution in [0.25, 0.3) is 11.0 Å². The lowest BCUT2D eigenvalue weighted by atomic mass is 9.94. The van der Waals surface area contributed by atoms with Gasteiger partial charge in [0.15, 0.2) is 22.9 Å². The first-order valence-corrected chi connectivity index (χ1v) is 11.0. The molecule has 176 valence electrons. The number of para-hydroxylation sites is 1. The van der Waals surface area contributed by atoms with Gasteiger partial charge in [0.1, 0.15) is 5.75 Å². The Morgan fingerprint density at radius 3 is 2.46 bits per heavy atom. The second-order valence-corrected chi connectivity index (χ2v) is 8.52. The fraction of sp³-hybridized carbons (Fsp3) is 0.143. The highest BCUT2D eigenvalue weighted by Crippen LogP contribution is 2.43. The second-order valence-electron chi connectivity index (χ2n) is 8.52. The van der Waals surface area contributed by atoms with Crippen molar-refractivity contribution < 1.29 is 29.0 Å². The fourth-order valence-corrected chi connectivity index (χ4v) is 4.43. The van der Waals surface area contributed by atoms with Gasteiger partial charge in [-0.25, -0.2) is 0 Å². The van der Waals surface area contributed by atoms with Crippen LogP contribution in [-0.2, 0) is 4.79 Å². The summed E-state index contributed by atoms with van der Waals surface area (Å²) in [5, 5.41) is 21.7. The predicted octanol–water partition coefficient (Wildman–Crippen LogP) is 5.55. The number of ketones is 1. The quantitative estimate of drug-likeness (QED) is 0.372. The van der Waals surface area contributed by atoms with Crippen LogP contribution < -0.4 is 9.64 Å². The number of aromatic hydroxyl groups is 1. The molecule has 0 aliphatic carbocycles. The molecule has 0 bridgehead atoms. The Kier molecular flexibility index (Phi) is 5.32. The lowest BCUT2D eigenvalue weighted by Crippen LogP contribution is -2.31. The Balaban J connectivity index is 1.68. The Morgan fingerprint density at radius 2 is 1.74 bits per heavy atom. The van der Waals surface area contributed by atoms with Crippen LogP contribution in [0.3, 0.4) is 0 Å². The molecule has 4 aromatic rings. The number of anilines is 1. The van der Waals surface area contributed by atoms with Gasteiger partial charge in [0.05, 0.1) is 18.7 Å². The van der Waals surface area contributed by atoms with Gasteiger partial charge < -0.3 is 19.4 Å². The van der Waals surface area contributed by atoms with Crippen LogP contribution in [0, 0.1) is 13.8 Å². The van der Waals surface area contributed by atoms with Gasteiger partial charge in [-0.15, -0.1) is 0 Å². The first-order valence-electron chi connectivity index (χ1n) is 11.0. The number of benzene rings is 3. The Hall–Kier alpha value is -4.52. The zero-order valence-electron chi connectivity index (χ0n) is 19.4. The molecule has 1 aliphatic heterocycles. The number of furan rings is 1. The van der Waals surface area contributed by atoms with E-state index in [1.807, 2.05) is 26.0 Å². The predicted molar refractivity (Wildman–Crippen MR) is 131 cm³/mol. The van der Waals surface area contributed by atoms with Gasteiger partial charge in [-0.05, 0) is 66.9 Å². The van der Waals surface area contributed by atoms with Gasteiger partial charge in [-0.1, -0.05) is 30.3 Å². The van der Waals surface area contributed by atoms with E-state index >= 15 is 0 Å². The fourth-order valence-electron chi connectivity index (χ4n) is 4.43. The molecule has 2 heterocycles. The third-order valence-electron chi connectivity index (χ3n) is 6.36. The molecule has 5 rings (SSSR count). The van der Waals surface area contributed by atoms with Crippen LogP contribution in [0.2, 0.25) is 0 Å². The van der Waals surface area contributed by atoms with Gasteiger partial charge in [0, 0.05) is 11.1 Å². The number of phenols is 1. The molecule has 0 spiro atoms. The van der Waals surface area contributed by atoms with Crippen LogP contribution in [0.15, 0.2) is 82.5 Å². The van der Waals surface area contributed by atoms with Crippen molar-refractivity contribution in [3.63, 3.8) is 0 Å². The number of rotatable bonds is 5. The largest absolute Gasteiger partial charge is 0.508 e. The summed E-state index contributed by atoms with van der Waals surface area (Å²) in [5.41, 5.74) is 3.25. The molecular weight excluding hydrogens is 446 g/mol. The molecule has 0 saturated heterocycles. The van der Waals surface area contributed by atoms with E-state index in [0.29, 0.717) is 28.0 Å². The summed E-state index contributed by atoms with van der Waals surface area (Å²) in [6, 6.07) is 17.6. The molecule has 1 aromatic heterocycles. The molecule has 1 atom stereocenters. The molecule has 1 unspecified atom stereocenters. The molecule has 1 amide bonds. The Morgan fingerprint density at radius 1 is 0.971 bits per heavy atom. The second kappa shape index (κ2) is 8.36. The van der Waals surface area contributed by atoms with Gasteiger partial charge in [0.25, 0.3) is 5.91 Å². The van der Waals surface area contributed by atoms with Crippen molar-refractivity contribution in [3.05, 3.63) is 101 Å². The summed E-state index contributed by atoms with van der Waals surface area (Å²) < 4.78 is 11.2. The lowest BCUT2D eigenvalue weighted by molar-refractivity contribution is -0.117. The van der Waals surface area contributed by atoms with E-state index in [2.05, 4.69) is 0 Å². The van der Waals surface area contributed by atoms with E-state index < -0.39 is 23.5 Å². The van der Waals surface area contributed by atoms with E-state index in [1.54, 1.807) is 42.5 Å². The zero-order valence-corrected chi connectivity index (χ0v) is 19.4. The molecular formula is C28H23NO6. The van der Waals surface area contributed by atoms with E-state index in [4.69, 9.17) is 9.15 Å². The van der Waals surface area contributed by atoms with Gasteiger partial charge in [0.2, 0.25) is 5.78 Å². The van der Waals surface area contributed by atoms with Crippen molar-refractivity contribution in [2.24, 2.45) is 0 Å². The summed E-state index contributed by atoms with van der Waals surface area (Å²) in [6.07, 6.45) is 0. The number of carbonyl (C=O) groups is 2.